The van der Waals surface area contributed by atoms with E-state index in [1.54, 1.807) is 6.20 Å². The van der Waals surface area contributed by atoms with E-state index in [1.165, 1.54) is 18.7 Å². The van der Waals surface area contributed by atoms with E-state index in [9.17, 15) is 24.6 Å². The molecule has 0 aliphatic heterocycles. The highest BCUT2D eigenvalue weighted by Crippen LogP contribution is 2.18. The molecule has 1 aromatic heterocycles. The van der Waals surface area contributed by atoms with Crippen LogP contribution in [-0.2, 0) is 20.8 Å². The Morgan fingerprint density at radius 1 is 1.20 bits per heavy atom. The molecule has 0 unspecified atom stereocenters. The van der Waals surface area contributed by atoms with Crippen LogP contribution < -0.4 is 16.4 Å². The Kier molecular flexibility index (Phi) is 8.70. The fourth-order valence-corrected chi connectivity index (χ4v) is 3.52. The maximum Gasteiger partial charge on any atom is 0.326 e. The normalized spacial score (nSPS) is 15.2. The van der Waals surface area contributed by atoms with Gasteiger partial charge in [-0.15, -0.1) is 0 Å². The maximum atomic E-state index is 12.6. The SMILES string of the molecule is CSCC[C@H](NC(=O)[C@@H](NC(=O)[C@@H](N)Cc1c[nH]c2ccccc12)[C@@H](C)O)C(=O)O. The quantitative estimate of drug-likeness (QED) is 0.294. The predicted octanol–water partition coefficient (Wildman–Crippen LogP) is 0.226. The molecule has 0 radical (unpaired) electrons. The summed E-state index contributed by atoms with van der Waals surface area (Å²) in [5.41, 5.74) is 7.81. The Morgan fingerprint density at radius 2 is 1.90 bits per heavy atom. The molecular weight excluding hydrogens is 408 g/mol. The molecule has 2 rings (SSSR count). The summed E-state index contributed by atoms with van der Waals surface area (Å²) in [4.78, 5) is 39.5. The van der Waals surface area contributed by atoms with E-state index in [4.69, 9.17) is 5.73 Å². The van der Waals surface area contributed by atoms with Gasteiger partial charge in [0.2, 0.25) is 11.8 Å². The van der Waals surface area contributed by atoms with Crippen molar-refractivity contribution in [2.75, 3.05) is 12.0 Å². The van der Waals surface area contributed by atoms with Crippen LogP contribution in [0.2, 0.25) is 0 Å². The van der Waals surface area contributed by atoms with Crippen molar-refractivity contribution in [2.24, 2.45) is 5.73 Å². The highest BCUT2D eigenvalue weighted by atomic mass is 32.2. The van der Waals surface area contributed by atoms with Crippen molar-refractivity contribution < 1.29 is 24.6 Å². The Balaban J connectivity index is 2.03. The average Bonchev–Trinajstić information content (AvgIpc) is 3.11. The number of aromatic amines is 1. The molecule has 0 spiro atoms. The van der Waals surface area contributed by atoms with Gasteiger partial charge in [0.15, 0.2) is 0 Å². The number of carboxylic acid groups (broad SMARTS) is 1. The zero-order valence-electron chi connectivity index (χ0n) is 16.9. The molecule has 4 atom stereocenters. The molecule has 0 bridgehead atoms. The molecule has 7 N–H and O–H groups in total. The number of rotatable bonds is 11. The molecule has 0 aliphatic rings. The van der Waals surface area contributed by atoms with Crippen LogP contribution in [-0.4, -0.2) is 69.2 Å². The lowest BCUT2D eigenvalue weighted by Crippen LogP contribution is -2.58. The maximum absolute atomic E-state index is 12.6. The molecule has 0 fully saturated rings. The number of amides is 2. The monoisotopic (exact) mass is 436 g/mol. The fraction of sp³-hybridized carbons (Fsp3) is 0.450. The van der Waals surface area contributed by atoms with Crippen LogP contribution in [0, 0.1) is 0 Å². The van der Waals surface area contributed by atoms with Gasteiger partial charge < -0.3 is 31.6 Å². The minimum Gasteiger partial charge on any atom is -0.480 e. The molecule has 164 valence electrons. The molecular formula is C20H28N4O5S. The lowest BCUT2D eigenvalue weighted by Gasteiger charge is -2.24. The number of para-hydroxylation sites is 1. The summed E-state index contributed by atoms with van der Waals surface area (Å²) in [6.45, 7) is 1.34. The Hall–Kier alpha value is -2.56. The molecule has 2 aromatic rings. The summed E-state index contributed by atoms with van der Waals surface area (Å²) in [6.07, 6.45) is 2.83. The van der Waals surface area contributed by atoms with E-state index >= 15 is 0 Å². The number of aromatic nitrogens is 1. The highest BCUT2D eigenvalue weighted by molar-refractivity contribution is 7.98. The number of carbonyl (C=O) groups is 3. The van der Waals surface area contributed by atoms with E-state index in [0.717, 1.165) is 16.5 Å². The third kappa shape index (κ3) is 6.22. The van der Waals surface area contributed by atoms with E-state index < -0.39 is 42.0 Å². The smallest absolute Gasteiger partial charge is 0.326 e. The first kappa shape index (κ1) is 23.7. The first-order valence-electron chi connectivity index (χ1n) is 9.55. The van der Waals surface area contributed by atoms with Gasteiger partial charge in [0.25, 0.3) is 0 Å². The second kappa shape index (κ2) is 11.0. The molecule has 2 amide bonds. The van der Waals surface area contributed by atoms with Gasteiger partial charge in [0.05, 0.1) is 12.1 Å². The zero-order chi connectivity index (χ0) is 22.3. The number of aliphatic carboxylic acids is 1. The fourth-order valence-electron chi connectivity index (χ4n) is 3.05. The average molecular weight is 437 g/mol. The van der Waals surface area contributed by atoms with Crippen molar-refractivity contribution in [2.45, 2.75) is 44.0 Å². The number of fused-ring (bicyclic) bond motifs is 1. The summed E-state index contributed by atoms with van der Waals surface area (Å²) in [5, 5.41) is 25.0. The van der Waals surface area contributed by atoms with Gasteiger partial charge >= 0.3 is 5.97 Å². The minimum absolute atomic E-state index is 0.225. The summed E-state index contributed by atoms with van der Waals surface area (Å²) in [6, 6.07) is 4.22. The zero-order valence-corrected chi connectivity index (χ0v) is 17.7. The number of aliphatic hydroxyl groups is 1. The number of benzene rings is 1. The number of nitrogens with one attached hydrogen (secondary N) is 3. The minimum atomic E-state index is -1.32. The number of aliphatic hydroxyl groups excluding tert-OH is 1. The van der Waals surface area contributed by atoms with E-state index in [-0.39, 0.29) is 12.8 Å². The second-order valence-electron chi connectivity index (χ2n) is 7.08. The van der Waals surface area contributed by atoms with E-state index in [0.29, 0.717) is 5.75 Å². The lowest BCUT2D eigenvalue weighted by molar-refractivity contribution is -0.143. The Morgan fingerprint density at radius 3 is 2.53 bits per heavy atom. The summed E-state index contributed by atoms with van der Waals surface area (Å²) >= 11 is 1.45. The predicted molar refractivity (Wildman–Crippen MR) is 116 cm³/mol. The van der Waals surface area contributed by atoms with Crippen molar-refractivity contribution in [3.8, 4) is 0 Å². The van der Waals surface area contributed by atoms with Crippen LogP contribution in [0.25, 0.3) is 10.9 Å². The van der Waals surface area contributed by atoms with Gasteiger partial charge in [0.1, 0.15) is 12.1 Å². The number of carbonyl (C=O) groups excluding carboxylic acids is 2. The van der Waals surface area contributed by atoms with Crippen molar-refractivity contribution >= 4 is 40.4 Å². The third-order valence-corrected chi connectivity index (χ3v) is 5.38. The molecule has 0 saturated heterocycles. The van der Waals surface area contributed by atoms with Crippen molar-refractivity contribution in [3.05, 3.63) is 36.0 Å². The first-order valence-corrected chi connectivity index (χ1v) is 10.9. The Bertz CT molecular complexity index is 885. The van der Waals surface area contributed by atoms with Crippen LogP contribution in [0.1, 0.15) is 18.9 Å². The summed E-state index contributed by atoms with van der Waals surface area (Å²) < 4.78 is 0. The molecule has 0 aliphatic carbocycles. The molecule has 1 heterocycles. The number of nitrogens with two attached hydrogens (primary N) is 1. The molecule has 9 nitrogen and oxygen atoms in total. The van der Waals surface area contributed by atoms with Crippen LogP contribution in [0.4, 0.5) is 0 Å². The van der Waals surface area contributed by atoms with Crippen LogP contribution in [0.3, 0.4) is 0 Å². The summed E-state index contributed by atoms with van der Waals surface area (Å²) in [7, 11) is 0. The molecule has 0 saturated carbocycles. The van der Waals surface area contributed by atoms with Crippen molar-refractivity contribution in [1.29, 1.82) is 0 Å². The molecule has 10 heteroatoms. The van der Waals surface area contributed by atoms with Crippen molar-refractivity contribution in [1.82, 2.24) is 15.6 Å². The van der Waals surface area contributed by atoms with Crippen molar-refractivity contribution in [3.63, 3.8) is 0 Å². The van der Waals surface area contributed by atoms with Crippen LogP contribution in [0.15, 0.2) is 30.5 Å². The van der Waals surface area contributed by atoms with E-state index in [1.807, 2.05) is 30.5 Å². The van der Waals surface area contributed by atoms with Gasteiger partial charge in [0, 0.05) is 17.1 Å². The van der Waals surface area contributed by atoms with Gasteiger partial charge in [-0.25, -0.2) is 4.79 Å². The van der Waals surface area contributed by atoms with Gasteiger partial charge in [-0.1, -0.05) is 18.2 Å². The van der Waals surface area contributed by atoms with Gasteiger partial charge in [-0.2, -0.15) is 11.8 Å². The molecule has 1 aromatic carbocycles. The topological polar surface area (TPSA) is 158 Å². The second-order valence-corrected chi connectivity index (χ2v) is 8.06. The lowest BCUT2D eigenvalue weighted by atomic mass is 10.0. The highest BCUT2D eigenvalue weighted by Gasteiger charge is 2.31. The number of H-pyrrole nitrogens is 1. The van der Waals surface area contributed by atoms with Crippen LogP contribution >= 0.6 is 11.8 Å². The molecule has 30 heavy (non-hydrogen) atoms. The summed E-state index contributed by atoms with van der Waals surface area (Å²) in [5.74, 6) is -2.02. The first-order chi connectivity index (χ1) is 14.2. The standard InChI is InChI=1S/C20H28N4O5S/c1-11(25)17(19(27)23-16(20(28)29)7-8-30-2)24-18(26)14(21)9-12-10-22-15-6-4-3-5-13(12)15/h3-6,10-11,14,16-17,22,25H,7-9,21H2,1-2H3,(H,23,27)(H,24,26)(H,28,29)/t11-,14+,16+,17+/m1/s1. The largest absolute Gasteiger partial charge is 0.480 e. The third-order valence-electron chi connectivity index (χ3n) is 4.74. The Labute approximate surface area is 178 Å². The number of carboxylic acids is 1. The van der Waals surface area contributed by atoms with Crippen LogP contribution in [0.5, 0.6) is 0 Å². The number of thioether (sulfide) groups is 1. The van der Waals surface area contributed by atoms with Gasteiger partial charge in [-0.05, 0) is 43.4 Å². The number of hydrogen-bond donors (Lipinski definition) is 6. The number of hydrogen-bond acceptors (Lipinski definition) is 6. The van der Waals surface area contributed by atoms with E-state index in [2.05, 4.69) is 15.6 Å². The van der Waals surface area contributed by atoms with Gasteiger partial charge in [-0.3, -0.25) is 9.59 Å².